The van der Waals surface area contributed by atoms with Gasteiger partial charge in [-0.3, -0.25) is 9.63 Å². The van der Waals surface area contributed by atoms with E-state index in [9.17, 15) is 26.7 Å². The molecule has 1 aromatic carbocycles. The normalized spacial score (nSPS) is 15.8. The summed E-state index contributed by atoms with van der Waals surface area (Å²) < 4.78 is 70.1. The largest absolute Gasteiger partial charge is 0.471 e. The molecule has 0 bridgehead atoms. The Hall–Kier alpha value is -2.56. The Labute approximate surface area is 143 Å². The molecule has 0 spiro atoms. The third-order valence-corrected chi connectivity index (χ3v) is 4.13. The monoisotopic (exact) mass is 377 g/mol. The Bertz CT molecular complexity index is 846. The van der Waals surface area contributed by atoms with Crippen molar-refractivity contribution in [1.82, 2.24) is 15.6 Å². The van der Waals surface area contributed by atoms with E-state index in [2.05, 4.69) is 25.0 Å². The Morgan fingerprint density at radius 2 is 2.00 bits per heavy atom. The van der Waals surface area contributed by atoms with Gasteiger partial charge in [0.1, 0.15) is 0 Å². The highest BCUT2D eigenvalue weighted by molar-refractivity contribution is 5.84. The Morgan fingerprint density at radius 1 is 1.31 bits per heavy atom. The summed E-state index contributed by atoms with van der Waals surface area (Å²) in [6.45, 7) is 0. The van der Waals surface area contributed by atoms with Gasteiger partial charge in [0.2, 0.25) is 11.7 Å². The quantitative estimate of drug-likeness (QED) is 0.640. The highest BCUT2D eigenvalue weighted by atomic mass is 19.4. The minimum atomic E-state index is -4.90. The minimum absolute atomic E-state index is 0.0781. The first kappa shape index (κ1) is 18.2. The molecule has 1 saturated carbocycles. The molecule has 140 valence electrons. The van der Waals surface area contributed by atoms with Crippen LogP contribution in [-0.4, -0.2) is 23.2 Å². The van der Waals surface area contributed by atoms with Gasteiger partial charge in [-0.2, -0.15) is 18.2 Å². The van der Waals surface area contributed by atoms with Crippen molar-refractivity contribution in [1.29, 1.82) is 0 Å². The zero-order valence-electron chi connectivity index (χ0n) is 13.3. The second kappa shape index (κ2) is 6.31. The highest BCUT2D eigenvalue weighted by Gasteiger charge is 2.50. The molecule has 0 radical (unpaired) electrons. The predicted octanol–water partition coefficient (Wildman–Crippen LogP) is 3.03. The van der Waals surface area contributed by atoms with Gasteiger partial charge in [-0.25, -0.2) is 14.3 Å². The van der Waals surface area contributed by atoms with Gasteiger partial charge in [0.15, 0.2) is 11.6 Å². The molecule has 6 nitrogen and oxygen atoms in total. The second-order valence-electron chi connectivity index (χ2n) is 5.91. The van der Waals surface area contributed by atoms with Crippen LogP contribution in [0.3, 0.4) is 0 Å². The third kappa shape index (κ3) is 3.26. The van der Waals surface area contributed by atoms with E-state index in [0.717, 1.165) is 6.07 Å². The molecule has 0 saturated heterocycles. The van der Waals surface area contributed by atoms with E-state index in [1.54, 1.807) is 0 Å². The molecule has 3 rings (SSSR count). The maximum Gasteiger partial charge on any atom is 0.471 e. The fourth-order valence-electron chi connectivity index (χ4n) is 2.55. The van der Waals surface area contributed by atoms with E-state index in [4.69, 9.17) is 0 Å². The van der Waals surface area contributed by atoms with Crippen LogP contribution in [0.5, 0.6) is 0 Å². The van der Waals surface area contributed by atoms with Crippen LogP contribution in [0.25, 0.3) is 11.4 Å². The van der Waals surface area contributed by atoms with E-state index in [1.807, 2.05) is 0 Å². The van der Waals surface area contributed by atoms with E-state index in [-0.39, 0.29) is 12.0 Å². The lowest BCUT2D eigenvalue weighted by molar-refractivity contribution is -0.159. The SMILES string of the molecule is CONC(=O)C1(Cc2ccc(-c3noc(C(F)(F)F)n3)c(F)c2F)CC1. The van der Waals surface area contributed by atoms with Crippen molar-refractivity contribution >= 4 is 5.91 Å². The van der Waals surface area contributed by atoms with Crippen LogP contribution in [0.4, 0.5) is 22.0 Å². The fraction of sp³-hybridized carbons (Fsp3) is 0.400. The molecule has 0 unspecified atom stereocenters. The van der Waals surface area contributed by atoms with Crippen LogP contribution >= 0.6 is 0 Å². The number of nitrogens with one attached hydrogen (secondary N) is 1. The van der Waals surface area contributed by atoms with E-state index >= 15 is 0 Å². The number of rotatable bonds is 5. The molecular formula is C15H12F5N3O3. The Balaban J connectivity index is 1.88. The standard InChI is InChI=1S/C15H12F5N3O3/c1-25-23-12(24)14(4-5-14)6-7-2-3-8(10(17)9(7)16)11-21-13(26-22-11)15(18,19)20/h2-3H,4-6H2,1H3,(H,23,24). The van der Waals surface area contributed by atoms with Crippen molar-refractivity contribution in [2.45, 2.75) is 25.4 Å². The van der Waals surface area contributed by atoms with Gasteiger partial charge in [0, 0.05) is 0 Å². The van der Waals surface area contributed by atoms with Crippen molar-refractivity contribution in [3.8, 4) is 11.4 Å². The maximum absolute atomic E-state index is 14.3. The average Bonchev–Trinajstić information content (AvgIpc) is 3.17. The number of hydroxylamine groups is 1. The minimum Gasteiger partial charge on any atom is -0.329 e. The van der Waals surface area contributed by atoms with Crippen molar-refractivity contribution in [2.24, 2.45) is 5.41 Å². The maximum atomic E-state index is 14.3. The van der Waals surface area contributed by atoms with Crippen molar-refractivity contribution in [3.63, 3.8) is 0 Å². The average molecular weight is 377 g/mol. The lowest BCUT2D eigenvalue weighted by Crippen LogP contribution is -2.32. The van der Waals surface area contributed by atoms with Crippen molar-refractivity contribution in [3.05, 3.63) is 35.2 Å². The summed E-state index contributed by atoms with van der Waals surface area (Å²) in [6.07, 6.45) is -4.02. The van der Waals surface area contributed by atoms with Crippen LogP contribution in [0, 0.1) is 17.0 Å². The van der Waals surface area contributed by atoms with E-state index in [0.29, 0.717) is 12.8 Å². The number of carbonyl (C=O) groups excluding carboxylic acids is 1. The van der Waals surface area contributed by atoms with Gasteiger partial charge in [-0.05, 0) is 30.9 Å². The van der Waals surface area contributed by atoms with Crippen LogP contribution < -0.4 is 5.48 Å². The molecule has 1 heterocycles. The van der Waals surface area contributed by atoms with E-state index in [1.165, 1.54) is 13.2 Å². The summed E-state index contributed by atoms with van der Waals surface area (Å²) in [6, 6.07) is 2.22. The first-order valence-corrected chi connectivity index (χ1v) is 7.39. The molecule has 0 atom stereocenters. The summed E-state index contributed by atoms with van der Waals surface area (Å²) >= 11 is 0. The molecular weight excluding hydrogens is 365 g/mol. The number of hydrogen-bond donors (Lipinski definition) is 1. The van der Waals surface area contributed by atoms with Crippen LogP contribution in [0.15, 0.2) is 16.7 Å². The van der Waals surface area contributed by atoms with Gasteiger partial charge in [0.25, 0.3) is 0 Å². The lowest BCUT2D eigenvalue weighted by Gasteiger charge is -2.15. The number of hydrogen-bond acceptors (Lipinski definition) is 5. The Kier molecular flexibility index (Phi) is 4.42. The summed E-state index contributed by atoms with van der Waals surface area (Å²) in [7, 11) is 1.25. The highest BCUT2D eigenvalue weighted by Crippen LogP contribution is 2.49. The molecule has 1 amide bonds. The summed E-state index contributed by atoms with van der Waals surface area (Å²) in [5, 5.41) is 3.03. The summed E-state index contributed by atoms with van der Waals surface area (Å²) in [5.41, 5.74) is 0.613. The van der Waals surface area contributed by atoms with Gasteiger partial charge in [0.05, 0.1) is 18.1 Å². The number of nitrogens with zero attached hydrogens (tertiary/aromatic N) is 2. The first-order valence-electron chi connectivity index (χ1n) is 7.39. The molecule has 1 aliphatic carbocycles. The number of aromatic nitrogens is 2. The first-order chi connectivity index (χ1) is 12.2. The summed E-state index contributed by atoms with van der Waals surface area (Å²) in [4.78, 5) is 19.5. The zero-order chi connectivity index (χ0) is 19.1. The number of carbonyl (C=O) groups is 1. The van der Waals surface area contributed by atoms with Crippen LogP contribution in [0.1, 0.15) is 24.3 Å². The number of halogens is 5. The zero-order valence-corrected chi connectivity index (χ0v) is 13.3. The number of amides is 1. The van der Waals surface area contributed by atoms with Crippen LogP contribution in [-0.2, 0) is 22.2 Å². The molecule has 1 aliphatic rings. The molecule has 1 fully saturated rings. The molecule has 11 heteroatoms. The van der Waals surface area contributed by atoms with Gasteiger partial charge in [-0.15, -0.1) is 0 Å². The van der Waals surface area contributed by atoms with Crippen LogP contribution in [0.2, 0.25) is 0 Å². The summed E-state index contributed by atoms with van der Waals surface area (Å²) in [5.74, 6) is -5.53. The van der Waals surface area contributed by atoms with Gasteiger partial charge >= 0.3 is 12.1 Å². The van der Waals surface area contributed by atoms with Crippen molar-refractivity contribution < 1.29 is 36.1 Å². The second-order valence-corrected chi connectivity index (χ2v) is 5.91. The fourth-order valence-corrected chi connectivity index (χ4v) is 2.55. The third-order valence-electron chi connectivity index (χ3n) is 4.13. The predicted molar refractivity (Wildman–Crippen MR) is 75.2 cm³/mol. The molecule has 1 aromatic heterocycles. The molecule has 1 N–H and O–H groups in total. The van der Waals surface area contributed by atoms with E-state index < -0.39 is 46.4 Å². The van der Waals surface area contributed by atoms with Gasteiger partial charge in [-0.1, -0.05) is 11.2 Å². The lowest BCUT2D eigenvalue weighted by atomic mass is 9.94. The molecule has 2 aromatic rings. The number of alkyl halides is 3. The Morgan fingerprint density at radius 3 is 2.54 bits per heavy atom. The topological polar surface area (TPSA) is 77.2 Å². The number of benzene rings is 1. The smallest absolute Gasteiger partial charge is 0.329 e. The van der Waals surface area contributed by atoms with Gasteiger partial charge < -0.3 is 4.52 Å². The van der Waals surface area contributed by atoms with Crippen molar-refractivity contribution in [2.75, 3.05) is 7.11 Å². The molecule has 26 heavy (non-hydrogen) atoms. The molecule has 0 aliphatic heterocycles.